The minimum atomic E-state index is -0.512. The van der Waals surface area contributed by atoms with Gasteiger partial charge in [0.1, 0.15) is 11.4 Å². The van der Waals surface area contributed by atoms with Gasteiger partial charge in [-0.1, -0.05) is 17.7 Å². The molecule has 2 N–H and O–H groups in total. The molecule has 1 aromatic carbocycles. The van der Waals surface area contributed by atoms with Crippen molar-refractivity contribution in [3.63, 3.8) is 0 Å². The van der Waals surface area contributed by atoms with Crippen LogP contribution in [0.25, 0.3) is 0 Å². The fourth-order valence-corrected chi connectivity index (χ4v) is 1.77. The number of rotatable bonds is 3. The fourth-order valence-electron chi connectivity index (χ4n) is 1.54. The molecule has 2 rings (SSSR count). The number of hydrogen-bond acceptors (Lipinski definition) is 2. The molecule has 0 fully saturated rings. The SMILES string of the molecule is O=C(NCc1ccc(F)cc1Cl)c1ccc[nH]c1=O. The van der Waals surface area contributed by atoms with E-state index < -0.39 is 17.3 Å². The van der Waals surface area contributed by atoms with Crippen LogP contribution in [-0.2, 0) is 6.54 Å². The Balaban J connectivity index is 2.09. The molecule has 0 aliphatic carbocycles. The van der Waals surface area contributed by atoms with Gasteiger partial charge in [-0.3, -0.25) is 9.59 Å². The third kappa shape index (κ3) is 3.20. The molecular formula is C13H10ClFN2O2. The van der Waals surface area contributed by atoms with Gasteiger partial charge in [0.15, 0.2) is 0 Å². The molecule has 4 nitrogen and oxygen atoms in total. The van der Waals surface area contributed by atoms with Crippen molar-refractivity contribution in [3.05, 3.63) is 68.8 Å². The average molecular weight is 281 g/mol. The van der Waals surface area contributed by atoms with E-state index in [2.05, 4.69) is 10.3 Å². The van der Waals surface area contributed by atoms with E-state index in [-0.39, 0.29) is 17.1 Å². The van der Waals surface area contributed by atoms with Gasteiger partial charge < -0.3 is 10.3 Å². The average Bonchev–Trinajstić information content (AvgIpc) is 2.38. The summed E-state index contributed by atoms with van der Waals surface area (Å²) in [4.78, 5) is 25.6. The second kappa shape index (κ2) is 5.67. The molecule has 0 saturated heterocycles. The predicted molar refractivity (Wildman–Crippen MR) is 69.6 cm³/mol. The Kier molecular flexibility index (Phi) is 3.97. The Morgan fingerprint density at radius 2 is 2.16 bits per heavy atom. The van der Waals surface area contributed by atoms with Gasteiger partial charge in [0.05, 0.1) is 0 Å². The highest BCUT2D eigenvalue weighted by Gasteiger charge is 2.10. The molecule has 1 aromatic heterocycles. The third-order valence-corrected chi connectivity index (χ3v) is 2.87. The lowest BCUT2D eigenvalue weighted by atomic mass is 10.2. The van der Waals surface area contributed by atoms with Crippen molar-refractivity contribution in [1.82, 2.24) is 10.3 Å². The summed E-state index contributed by atoms with van der Waals surface area (Å²) in [5.41, 5.74) is 0.120. The van der Waals surface area contributed by atoms with Crippen molar-refractivity contribution in [2.75, 3.05) is 0 Å². The number of nitrogens with one attached hydrogen (secondary N) is 2. The van der Waals surface area contributed by atoms with Crippen LogP contribution in [0.4, 0.5) is 4.39 Å². The van der Waals surface area contributed by atoms with Crippen LogP contribution in [0.5, 0.6) is 0 Å². The van der Waals surface area contributed by atoms with E-state index in [1.54, 1.807) is 6.07 Å². The lowest BCUT2D eigenvalue weighted by Crippen LogP contribution is -2.28. The molecule has 98 valence electrons. The van der Waals surface area contributed by atoms with Crippen LogP contribution in [0.15, 0.2) is 41.3 Å². The maximum absolute atomic E-state index is 12.8. The molecule has 0 radical (unpaired) electrons. The summed E-state index contributed by atoms with van der Waals surface area (Å²) >= 11 is 5.83. The molecule has 0 unspecified atom stereocenters. The van der Waals surface area contributed by atoms with Crippen LogP contribution < -0.4 is 10.9 Å². The summed E-state index contributed by atoms with van der Waals surface area (Å²) in [6.07, 6.45) is 1.44. The predicted octanol–water partition coefficient (Wildman–Crippen LogP) is 2.10. The molecule has 1 heterocycles. The molecular weight excluding hydrogens is 271 g/mol. The van der Waals surface area contributed by atoms with Gasteiger partial charge in [0.2, 0.25) is 0 Å². The summed E-state index contributed by atoms with van der Waals surface area (Å²) in [7, 11) is 0. The van der Waals surface area contributed by atoms with Crippen molar-refractivity contribution in [2.24, 2.45) is 0 Å². The van der Waals surface area contributed by atoms with E-state index in [0.717, 1.165) is 0 Å². The highest BCUT2D eigenvalue weighted by Crippen LogP contribution is 2.16. The molecule has 0 bridgehead atoms. The molecule has 1 amide bonds. The van der Waals surface area contributed by atoms with E-state index in [9.17, 15) is 14.0 Å². The van der Waals surface area contributed by atoms with Gasteiger partial charge in [-0.05, 0) is 29.8 Å². The Hall–Kier alpha value is -2.14. The Labute approximate surface area is 113 Å². The van der Waals surface area contributed by atoms with Crippen LogP contribution in [0.2, 0.25) is 5.02 Å². The number of halogens is 2. The van der Waals surface area contributed by atoms with Crippen LogP contribution in [0.1, 0.15) is 15.9 Å². The van der Waals surface area contributed by atoms with Crippen molar-refractivity contribution in [3.8, 4) is 0 Å². The van der Waals surface area contributed by atoms with Gasteiger partial charge in [-0.15, -0.1) is 0 Å². The number of aromatic amines is 1. The highest BCUT2D eigenvalue weighted by atomic mass is 35.5. The van der Waals surface area contributed by atoms with E-state index in [1.165, 1.54) is 30.5 Å². The quantitative estimate of drug-likeness (QED) is 0.904. The number of hydrogen-bond donors (Lipinski definition) is 2. The zero-order valence-corrected chi connectivity index (χ0v) is 10.5. The summed E-state index contributed by atoms with van der Waals surface area (Å²) in [5, 5.41) is 2.77. The third-order valence-electron chi connectivity index (χ3n) is 2.52. The number of pyridine rings is 1. The Morgan fingerprint density at radius 1 is 1.37 bits per heavy atom. The molecule has 0 aliphatic heterocycles. The molecule has 0 spiro atoms. The largest absolute Gasteiger partial charge is 0.348 e. The maximum Gasteiger partial charge on any atom is 0.260 e. The second-order valence-electron chi connectivity index (χ2n) is 3.83. The zero-order valence-electron chi connectivity index (χ0n) is 9.74. The number of carbonyl (C=O) groups excluding carboxylic acids is 1. The molecule has 0 aliphatic rings. The van der Waals surface area contributed by atoms with E-state index >= 15 is 0 Å². The second-order valence-corrected chi connectivity index (χ2v) is 4.24. The fraction of sp³-hybridized carbons (Fsp3) is 0.0769. The summed E-state index contributed by atoms with van der Waals surface area (Å²) in [5.74, 6) is -0.957. The summed E-state index contributed by atoms with van der Waals surface area (Å²) in [6.45, 7) is 0.117. The minimum Gasteiger partial charge on any atom is -0.348 e. The monoisotopic (exact) mass is 280 g/mol. The molecule has 19 heavy (non-hydrogen) atoms. The molecule has 2 aromatic rings. The van der Waals surface area contributed by atoms with Crippen molar-refractivity contribution in [1.29, 1.82) is 0 Å². The number of H-pyrrole nitrogens is 1. The zero-order chi connectivity index (χ0) is 13.8. The smallest absolute Gasteiger partial charge is 0.260 e. The van der Waals surface area contributed by atoms with Gasteiger partial charge in [0.25, 0.3) is 11.5 Å². The normalized spacial score (nSPS) is 10.2. The first-order valence-corrected chi connectivity index (χ1v) is 5.85. The van der Waals surface area contributed by atoms with Gasteiger partial charge in [-0.25, -0.2) is 4.39 Å². The topological polar surface area (TPSA) is 62.0 Å². The first-order chi connectivity index (χ1) is 9.08. The van der Waals surface area contributed by atoms with Crippen LogP contribution >= 0.6 is 11.6 Å². The van der Waals surface area contributed by atoms with E-state index in [4.69, 9.17) is 11.6 Å². The van der Waals surface area contributed by atoms with Gasteiger partial charge in [0, 0.05) is 17.8 Å². The number of amides is 1. The number of benzene rings is 1. The lowest BCUT2D eigenvalue weighted by Gasteiger charge is -2.06. The van der Waals surface area contributed by atoms with Gasteiger partial charge >= 0.3 is 0 Å². The van der Waals surface area contributed by atoms with Crippen molar-refractivity contribution < 1.29 is 9.18 Å². The van der Waals surface area contributed by atoms with E-state index in [1.807, 2.05) is 0 Å². The number of aromatic nitrogens is 1. The summed E-state index contributed by atoms with van der Waals surface area (Å²) in [6, 6.07) is 6.87. The first kappa shape index (κ1) is 13.3. The van der Waals surface area contributed by atoms with Crippen molar-refractivity contribution >= 4 is 17.5 Å². The van der Waals surface area contributed by atoms with Crippen LogP contribution in [-0.4, -0.2) is 10.9 Å². The lowest BCUT2D eigenvalue weighted by molar-refractivity contribution is 0.0949. The Morgan fingerprint density at radius 3 is 2.84 bits per heavy atom. The van der Waals surface area contributed by atoms with Gasteiger partial charge in [-0.2, -0.15) is 0 Å². The molecule has 0 atom stereocenters. The Bertz CT molecular complexity index is 670. The van der Waals surface area contributed by atoms with Crippen LogP contribution in [0, 0.1) is 5.82 Å². The summed E-state index contributed by atoms with van der Waals surface area (Å²) < 4.78 is 12.8. The molecule has 0 saturated carbocycles. The number of carbonyl (C=O) groups is 1. The van der Waals surface area contributed by atoms with E-state index in [0.29, 0.717) is 5.56 Å². The van der Waals surface area contributed by atoms with Crippen LogP contribution in [0.3, 0.4) is 0 Å². The first-order valence-electron chi connectivity index (χ1n) is 5.48. The minimum absolute atomic E-state index is 0.0146. The standard InChI is InChI=1S/C13H10ClFN2O2/c14-11-6-9(15)4-3-8(11)7-17-13(19)10-2-1-5-16-12(10)18/h1-6H,7H2,(H,16,18)(H,17,19). The van der Waals surface area contributed by atoms with Crippen molar-refractivity contribution in [2.45, 2.75) is 6.54 Å². The highest BCUT2D eigenvalue weighted by molar-refractivity contribution is 6.31. The maximum atomic E-state index is 12.8. The molecule has 6 heteroatoms.